The maximum atomic E-state index is 13.2. The Labute approximate surface area is 338 Å². The van der Waals surface area contributed by atoms with Crippen LogP contribution in [0.25, 0.3) is 0 Å². The molecule has 3 saturated heterocycles. The van der Waals surface area contributed by atoms with Crippen molar-refractivity contribution in [1.82, 2.24) is 19.6 Å². The van der Waals surface area contributed by atoms with Gasteiger partial charge in [-0.1, -0.05) is 91.0 Å². The smallest absolute Gasteiger partial charge is 0.411 e. The van der Waals surface area contributed by atoms with Gasteiger partial charge in [0.15, 0.2) is 0 Å². The van der Waals surface area contributed by atoms with Crippen molar-refractivity contribution < 1.29 is 33.4 Å². The van der Waals surface area contributed by atoms with E-state index in [1.807, 2.05) is 85.5 Å². The number of nitrogens with zero attached hydrogens (tertiary/aromatic N) is 4. The van der Waals surface area contributed by atoms with Crippen LogP contribution in [0.3, 0.4) is 0 Å². The van der Waals surface area contributed by atoms with Crippen LogP contribution in [0.1, 0.15) is 89.8 Å². The molecule has 6 rings (SSSR count). The Kier molecular flexibility index (Phi) is 15.3. The molecule has 0 aliphatic carbocycles. The van der Waals surface area contributed by atoms with Crippen molar-refractivity contribution >= 4 is 29.8 Å². The van der Waals surface area contributed by atoms with Crippen LogP contribution < -0.4 is 0 Å². The first-order valence-electron chi connectivity index (χ1n) is 20.5. The zero-order valence-corrected chi connectivity index (χ0v) is 34.3. The molecule has 11 heteroatoms. The lowest BCUT2D eigenvalue weighted by Gasteiger charge is -2.38. The summed E-state index contributed by atoms with van der Waals surface area (Å²) in [5.41, 5.74) is 2.83. The number of amides is 4. The zero-order chi connectivity index (χ0) is 41.0. The predicted molar refractivity (Wildman–Crippen MR) is 219 cm³/mol. The average Bonchev–Trinajstić information content (AvgIpc) is 3.83. The van der Waals surface area contributed by atoms with Gasteiger partial charge in [-0.05, 0) is 103 Å². The molecule has 0 N–H and O–H groups in total. The monoisotopic (exact) mass is 780 g/mol. The van der Waals surface area contributed by atoms with E-state index in [1.165, 1.54) is 16.0 Å². The molecule has 3 aliphatic heterocycles. The Morgan fingerprint density at radius 2 is 1.32 bits per heavy atom. The van der Waals surface area contributed by atoms with Crippen molar-refractivity contribution in [2.75, 3.05) is 26.2 Å². The first kappa shape index (κ1) is 42.9. The van der Waals surface area contributed by atoms with Crippen molar-refractivity contribution in [3.05, 3.63) is 108 Å². The van der Waals surface area contributed by atoms with E-state index >= 15 is 0 Å². The first-order chi connectivity index (χ1) is 27.4. The number of likely N-dealkylation sites (N-methyl/N-ethyl adjacent to an activating group) is 1. The molecule has 57 heavy (non-hydrogen) atoms. The van der Waals surface area contributed by atoms with E-state index in [0.29, 0.717) is 38.9 Å². The minimum atomic E-state index is -0.642. The molecule has 3 heterocycles. The third kappa shape index (κ3) is 11.9. The van der Waals surface area contributed by atoms with Crippen LogP contribution in [0.4, 0.5) is 4.79 Å². The van der Waals surface area contributed by atoms with Gasteiger partial charge in [0.1, 0.15) is 30.3 Å². The highest BCUT2D eigenvalue weighted by Crippen LogP contribution is 2.31. The standard InChI is InChI=1S/C25H32N2O3.C21H28N2O4/c1-3-26(18-10-15-21-11-6-4-7-12-21)24(28)23-17-16-20(2)27(23)25(29)30-19-22-13-8-5-9-14-22;1-21(2,3)27-20(26)17-12-11-16-19(25)22(14-18(24)23(16)17)13-7-10-15-8-5-4-6-9-15/h4-9,11-14,20,23H,3,10,15-19H2,1-2H3;4-6,8-9,16-17H,7,10-14H2,1-3H3/t20-,23+;16-,17-/m10/s1. The summed E-state index contributed by atoms with van der Waals surface area (Å²) in [7, 11) is 0. The lowest BCUT2D eigenvalue weighted by Crippen LogP contribution is -2.60. The summed E-state index contributed by atoms with van der Waals surface area (Å²) in [5, 5.41) is 0. The summed E-state index contributed by atoms with van der Waals surface area (Å²) < 4.78 is 11.0. The van der Waals surface area contributed by atoms with Crippen LogP contribution in [-0.4, -0.2) is 105 Å². The van der Waals surface area contributed by atoms with Gasteiger partial charge in [-0.2, -0.15) is 0 Å². The number of hydrogen-bond acceptors (Lipinski definition) is 7. The Bertz CT molecular complexity index is 1780. The van der Waals surface area contributed by atoms with Gasteiger partial charge >= 0.3 is 12.1 Å². The molecule has 306 valence electrons. The maximum Gasteiger partial charge on any atom is 0.411 e. The maximum absolute atomic E-state index is 13.2. The molecule has 4 amide bonds. The van der Waals surface area contributed by atoms with Crippen LogP contribution in [0, 0.1) is 0 Å². The van der Waals surface area contributed by atoms with Gasteiger partial charge < -0.3 is 24.2 Å². The molecule has 3 fully saturated rings. The van der Waals surface area contributed by atoms with Gasteiger partial charge in [0.25, 0.3) is 0 Å². The van der Waals surface area contributed by atoms with Crippen LogP contribution in [-0.2, 0) is 48.1 Å². The van der Waals surface area contributed by atoms with Crippen LogP contribution in [0.5, 0.6) is 0 Å². The molecular weight excluding hydrogens is 721 g/mol. The van der Waals surface area contributed by atoms with Gasteiger partial charge in [-0.25, -0.2) is 9.59 Å². The lowest BCUT2D eigenvalue weighted by atomic mass is 10.1. The second-order valence-corrected chi connectivity index (χ2v) is 16.2. The van der Waals surface area contributed by atoms with E-state index in [4.69, 9.17) is 9.47 Å². The number of likely N-dealkylation sites (tertiary alicyclic amines) is 1. The van der Waals surface area contributed by atoms with Gasteiger partial charge in [0.05, 0.1) is 6.54 Å². The number of piperazine rings is 1. The molecule has 0 spiro atoms. The van der Waals surface area contributed by atoms with Crippen molar-refractivity contribution in [3.8, 4) is 0 Å². The number of rotatable bonds is 13. The topological polar surface area (TPSA) is 117 Å². The third-order valence-corrected chi connectivity index (χ3v) is 10.8. The number of carbonyl (C=O) groups excluding carboxylic acids is 5. The molecule has 11 nitrogen and oxygen atoms in total. The van der Waals surface area contributed by atoms with Crippen LogP contribution in [0.15, 0.2) is 91.0 Å². The van der Waals surface area contributed by atoms with Crippen molar-refractivity contribution in [2.45, 2.75) is 122 Å². The molecule has 0 radical (unpaired) electrons. The molecule has 0 saturated carbocycles. The van der Waals surface area contributed by atoms with Crippen molar-refractivity contribution in [3.63, 3.8) is 0 Å². The highest BCUT2D eigenvalue weighted by Gasteiger charge is 2.50. The zero-order valence-electron chi connectivity index (χ0n) is 34.3. The highest BCUT2D eigenvalue weighted by molar-refractivity contribution is 5.98. The Hall–Kier alpha value is -5.19. The van der Waals surface area contributed by atoms with Crippen molar-refractivity contribution in [2.24, 2.45) is 0 Å². The number of benzene rings is 3. The molecule has 0 bridgehead atoms. The van der Waals surface area contributed by atoms with Gasteiger partial charge in [-0.15, -0.1) is 0 Å². The predicted octanol–water partition coefficient (Wildman–Crippen LogP) is 6.82. The molecule has 3 aliphatic rings. The second kappa shape index (κ2) is 20.3. The van der Waals surface area contributed by atoms with E-state index < -0.39 is 35.8 Å². The number of fused-ring (bicyclic) bond motifs is 1. The number of hydrogen-bond donors (Lipinski definition) is 0. The first-order valence-corrected chi connectivity index (χ1v) is 20.5. The van der Waals surface area contributed by atoms with E-state index in [-0.39, 0.29) is 36.9 Å². The molecule has 0 aromatic heterocycles. The fourth-order valence-corrected chi connectivity index (χ4v) is 7.93. The van der Waals surface area contributed by atoms with Gasteiger partial charge in [0, 0.05) is 25.7 Å². The quantitative estimate of drug-likeness (QED) is 0.175. The summed E-state index contributed by atoms with van der Waals surface area (Å²) in [6.07, 6.45) is 5.63. The molecule has 0 unspecified atom stereocenters. The largest absolute Gasteiger partial charge is 0.458 e. The lowest BCUT2D eigenvalue weighted by molar-refractivity contribution is -0.168. The highest BCUT2D eigenvalue weighted by atomic mass is 16.6. The minimum absolute atomic E-state index is 0.00486. The normalized spacial score (nSPS) is 20.4. The number of aryl methyl sites for hydroxylation is 2. The summed E-state index contributed by atoms with van der Waals surface area (Å²) in [6.45, 7) is 11.6. The van der Waals surface area contributed by atoms with Crippen LogP contribution >= 0.6 is 0 Å². The molecule has 4 atom stereocenters. The van der Waals surface area contributed by atoms with E-state index in [2.05, 4.69) is 24.3 Å². The SMILES string of the molecule is CC(C)(C)OC(=O)[C@@H]1CC[C@H]2C(=O)N(CCCc3ccccc3)CC(=O)N12.CCN(CCCc1ccccc1)C(=O)[C@@H]1CC[C@@H](C)N1C(=O)OCc1ccccc1. The fraction of sp³-hybridized carbons (Fsp3) is 0.500. The summed E-state index contributed by atoms with van der Waals surface area (Å²) >= 11 is 0. The summed E-state index contributed by atoms with van der Waals surface area (Å²) in [5.74, 6) is -0.586. The third-order valence-electron chi connectivity index (χ3n) is 10.8. The second-order valence-electron chi connectivity index (χ2n) is 16.2. The van der Waals surface area contributed by atoms with E-state index in [0.717, 1.165) is 37.7 Å². The Balaban J connectivity index is 0.000000219. The molecule has 3 aromatic carbocycles. The van der Waals surface area contributed by atoms with E-state index in [1.54, 1.807) is 30.6 Å². The van der Waals surface area contributed by atoms with E-state index in [9.17, 15) is 24.0 Å². The van der Waals surface area contributed by atoms with Gasteiger partial charge in [0.2, 0.25) is 17.7 Å². The number of esters is 1. The Morgan fingerprint density at radius 3 is 1.89 bits per heavy atom. The number of ether oxygens (including phenoxy) is 2. The van der Waals surface area contributed by atoms with Crippen LogP contribution in [0.2, 0.25) is 0 Å². The molecule has 3 aromatic rings. The van der Waals surface area contributed by atoms with Gasteiger partial charge in [-0.3, -0.25) is 19.3 Å². The summed E-state index contributed by atoms with van der Waals surface area (Å²) in [6, 6.07) is 28.4. The molecular formula is C46H60N4O7. The minimum Gasteiger partial charge on any atom is -0.458 e. The summed E-state index contributed by atoms with van der Waals surface area (Å²) in [4.78, 5) is 70.6. The average molecular weight is 781 g/mol. The number of carbonyl (C=O) groups is 5. The van der Waals surface area contributed by atoms with Crippen molar-refractivity contribution in [1.29, 1.82) is 0 Å². The Morgan fingerprint density at radius 1 is 0.754 bits per heavy atom. The fourth-order valence-electron chi connectivity index (χ4n) is 7.93.